The third-order valence-corrected chi connectivity index (χ3v) is 7.92. The molecule has 5 rings (SSSR count). The van der Waals surface area contributed by atoms with Crippen molar-refractivity contribution in [3.05, 3.63) is 70.4 Å². The van der Waals surface area contributed by atoms with Gasteiger partial charge in [0, 0.05) is 62.6 Å². The molecule has 0 bridgehead atoms. The number of hydrazine groups is 1. The fourth-order valence-electron chi connectivity index (χ4n) is 4.57. The van der Waals surface area contributed by atoms with Gasteiger partial charge in [0.15, 0.2) is 5.13 Å². The maximum atomic E-state index is 13.7. The number of rotatable bonds is 6. The average molecular weight is 573 g/mol. The van der Waals surface area contributed by atoms with Crippen LogP contribution in [0.2, 0.25) is 0 Å². The smallest absolute Gasteiger partial charge is 0.369 e. The minimum absolute atomic E-state index is 0.101. The van der Waals surface area contributed by atoms with Crippen LogP contribution in [0.25, 0.3) is 5.70 Å². The molecule has 0 saturated carbocycles. The van der Waals surface area contributed by atoms with Crippen LogP contribution < -0.4 is 31.3 Å². The molecule has 2 aromatic carbocycles. The summed E-state index contributed by atoms with van der Waals surface area (Å²) >= 11 is 1.51. The zero-order chi connectivity index (χ0) is 28.4. The van der Waals surface area contributed by atoms with Gasteiger partial charge in [-0.3, -0.25) is 9.80 Å². The molecular weight excluding hydrogens is 541 g/mol. The topological polar surface area (TPSA) is 87.8 Å². The molecule has 0 spiro atoms. The van der Waals surface area contributed by atoms with Gasteiger partial charge in [-0.2, -0.15) is 13.2 Å². The van der Waals surface area contributed by atoms with E-state index in [1.54, 1.807) is 24.4 Å². The van der Waals surface area contributed by atoms with Crippen molar-refractivity contribution < 1.29 is 18.0 Å². The summed E-state index contributed by atoms with van der Waals surface area (Å²) < 4.78 is 41.2. The maximum absolute atomic E-state index is 13.7. The second-order valence-corrected chi connectivity index (χ2v) is 10.7. The van der Waals surface area contributed by atoms with Crippen molar-refractivity contribution in [3.63, 3.8) is 0 Å². The van der Waals surface area contributed by atoms with E-state index < -0.39 is 17.6 Å². The van der Waals surface area contributed by atoms with E-state index in [0.29, 0.717) is 31.0 Å². The molecule has 40 heavy (non-hydrogen) atoms. The van der Waals surface area contributed by atoms with E-state index in [1.165, 1.54) is 11.3 Å². The number of benzene rings is 2. The van der Waals surface area contributed by atoms with Gasteiger partial charge in [-0.1, -0.05) is 17.4 Å². The minimum atomic E-state index is -4.54. The molecule has 1 saturated heterocycles. The van der Waals surface area contributed by atoms with Crippen LogP contribution in [0.3, 0.4) is 0 Å². The standard InChI is InChI=1S/C27H31F3N8OS/c1-17-4-5-18(10-23(17)38-15-22(33-16-34-38)24-14-32-26(31-2)40-24)25(39)35-20-11-19(27(28,29)30)12-21(13-20)37-8-6-36(3)7-9-37/h4-5,10-15,33-34H,6-9,16H2,1-3H3,(H,31,32)(H,35,39). The first-order valence-electron chi connectivity index (χ1n) is 12.8. The number of hydrogen-bond donors (Lipinski definition) is 4. The molecule has 212 valence electrons. The number of amides is 1. The first-order chi connectivity index (χ1) is 19.1. The van der Waals surface area contributed by atoms with Crippen LogP contribution in [-0.4, -0.2) is 62.7 Å². The highest BCUT2D eigenvalue weighted by atomic mass is 32.1. The van der Waals surface area contributed by atoms with Crippen molar-refractivity contribution in [1.82, 2.24) is 20.6 Å². The number of carbonyl (C=O) groups is 1. The lowest BCUT2D eigenvalue weighted by atomic mass is 10.1. The number of likely N-dealkylation sites (N-methyl/N-ethyl adjacent to an activating group) is 1. The van der Waals surface area contributed by atoms with E-state index in [2.05, 4.69) is 31.3 Å². The third-order valence-electron chi connectivity index (χ3n) is 6.87. The van der Waals surface area contributed by atoms with Gasteiger partial charge in [0.25, 0.3) is 5.91 Å². The van der Waals surface area contributed by atoms with Crippen molar-refractivity contribution in [2.24, 2.45) is 0 Å². The van der Waals surface area contributed by atoms with E-state index in [9.17, 15) is 18.0 Å². The molecular formula is C27H31F3N8OS. The summed E-state index contributed by atoms with van der Waals surface area (Å²) in [6, 6.07) is 8.93. The zero-order valence-corrected chi connectivity index (χ0v) is 23.2. The lowest BCUT2D eigenvalue weighted by Crippen LogP contribution is -2.44. The van der Waals surface area contributed by atoms with Crippen molar-refractivity contribution in [3.8, 4) is 0 Å². The number of alkyl halides is 3. The van der Waals surface area contributed by atoms with Crippen molar-refractivity contribution in [2.45, 2.75) is 13.1 Å². The van der Waals surface area contributed by atoms with E-state index in [-0.39, 0.29) is 5.69 Å². The van der Waals surface area contributed by atoms with Crippen molar-refractivity contribution >= 4 is 45.1 Å². The Morgan fingerprint density at radius 3 is 2.58 bits per heavy atom. The normalized spacial score (nSPS) is 16.4. The van der Waals surface area contributed by atoms with Gasteiger partial charge >= 0.3 is 6.18 Å². The molecule has 0 atom stereocenters. The summed E-state index contributed by atoms with van der Waals surface area (Å²) in [6.07, 6.45) is -0.875. The zero-order valence-electron chi connectivity index (χ0n) is 22.4. The van der Waals surface area contributed by atoms with Crippen LogP contribution in [0.4, 0.5) is 35.4 Å². The van der Waals surface area contributed by atoms with Crippen LogP contribution in [0, 0.1) is 6.92 Å². The van der Waals surface area contributed by atoms with Gasteiger partial charge in [0.1, 0.15) is 0 Å². The number of piperazine rings is 1. The number of halogens is 3. The summed E-state index contributed by atoms with van der Waals surface area (Å²) in [7, 11) is 3.79. The molecule has 9 nitrogen and oxygen atoms in total. The van der Waals surface area contributed by atoms with Gasteiger partial charge in [-0.15, -0.1) is 0 Å². The van der Waals surface area contributed by atoms with Crippen LogP contribution >= 0.6 is 11.3 Å². The van der Waals surface area contributed by atoms with Gasteiger partial charge in [-0.25, -0.2) is 10.4 Å². The van der Waals surface area contributed by atoms with Crippen LogP contribution in [0.1, 0.15) is 26.4 Å². The van der Waals surface area contributed by atoms with E-state index in [4.69, 9.17) is 0 Å². The highest BCUT2D eigenvalue weighted by Gasteiger charge is 2.32. The summed E-state index contributed by atoms with van der Waals surface area (Å²) in [5.74, 6) is -0.495. The molecule has 2 aliphatic rings. The molecule has 3 heterocycles. The van der Waals surface area contributed by atoms with E-state index in [0.717, 1.165) is 52.2 Å². The molecule has 4 N–H and O–H groups in total. The first-order valence-corrected chi connectivity index (χ1v) is 13.6. The number of anilines is 4. The first kappa shape index (κ1) is 27.7. The average Bonchev–Trinajstić information content (AvgIpc) is 3.43. The molecule has 1 fully saturated rings. The summed E-state index contributed by atoms with van der Waals surface area (Å²) in [5.41, 5.74) is 5.83. The predicted molar refractivity (Wildman–Crippen MR) is 154 cm³/mol. The van der Waals surface area contributed by atoms with E-state index in [1.807, 2.05) is 43.2 Å². The highest BCUT2D eigenvalue weighted by Crippen LogP contribution is 2.35. The molecule has 1 aromatic heterocycles. The summed E-state index contributed by atoms with van der Waals surface area (Å²) in [6.45, 7) is 5.10. The largest absolute Gasteiger partial charge is 0.416 e. The number of aromatic nitrogens is 1. The molecule has 0 aliphatic carbocycles. The van der Waals surface area contributed by atoms with Gasteiger partial charge in [-0.05, 0) is 49.9 Å². The second kappa shape index (κ2) is 11.4. The lowest BCUT2D eigenvalue weighted by Gasteiger charge is -2.34. The number of aryl methyl sites for hydroxylation is 1. The molecule has 1 amide bonds. The van der Waals surface area contributed by atoms with E-state index >= 15 is 0 Å². The predicted octanol–water partition coefficient (Wildman–Crippen LogP) is 4.39. The molecule has 3 aromatic rings. The van der Waals surface area contributed by atoms with Gasteiger partial charge in [0.05, 0.1) is 28.5 Å². The fourth-order valence-corrected chi connectivity index (χ4v) is 5.32. The number of carbonyl (C=O) groups excluding carboxylic acids is 1. The quantitative estimate of drug-likeness (QED) is 0.346. The van der Waals surface area contributed by atoms with Crippen LogP contribution in [-0.2, 0) is 6.18 Å². The van der Waals surface area contributed by atoms with Crippen molar-refractivity contribution in [1.29, 1.82) is 0 Å². The van der Waals surface area contributed by atoms with Crippen LogP contribution in [0.5, 0.6) is 0 Å². The van der Waals surface area contributed by atoms with Crippen LogP contribution in [0.15, 0.2) is 48.8 Å². The molecule has 0 unspecified atom stereocenters. The summed E-state index contributed by atoms with van der Waals surface area (Å²) in [4.78, 5) is 22.6. The highest BCUT2D eigenvalue weighted by molar-refractivity contribution is 7.16. The fraction of sp³-hybridized carbons (Fsp3) is 0.333. The Balaban J connectivity index is 1.40. The Bertz CT molecular complexity index is 1420. The summed E-state index contributed by atoms with van der Waals surface area (Å²) in [5, 5.41) is 11.6. The SMILES string of the molecule is CNc1ncc(C2=CN(c3cc(C(=O)Nc4cc(N5CCN(C)CC5)cc(C(F)(F)F)c4)ccc3C)NCN2)s1. The number of nitrogens with one attached hydrogen (secondary N) is 4. The number of thiazole rings is 1. The number of hydrogen-bond acceptors (Lipinski definition) is 9. The molecule has 0 radical (unpaired) electrons. The maximum Gasteiger partial charge on any atom is 0.416 e. The van der Waals surface area contributed by atoms with Gasteiger partial charge in [0.2, 0.25) is 0 Å². The Kier molecular flexibility index (Phi) is 7.88. The van der Waals surface area contributed by atoms with Crippen molar-refractivity contribution in [2.75, 3.05) is 67.5 Å². The Hall–Kier alpha value is -3.81. The minimum Gasteiger partial charge on any atom is -0.369 e. The molecule has 13 heteroatoms. The van der Waals surface area contributed by atoms with Gasteiger partial charge < -0.3 is 25.8 Å². The Labute approximate surface area is 234 Å². The number of nitrogens with zero attached hydrogens (tertiary/aromatic N) is 4. The monoisotopic (exact) mass is 572 g/mol. The third kappa shape index (κ3) is 6.16. The Morgan fingerprint density at radius 2 is 1.88 bits per heavy atom. The Morgan fingerprint density at radius 1 is 1.10 bits per heavy atom. The lowest BCUT2D eigenvalue weighted by molar-refractivity contribution is -0.137. The molecule has 2 aliphatic heterocycles. The second-order valence-electron chi connectivity index (χ2n) is 9.72.